The van der Waals surface area contributed by atoms with Gasteiger partial charge in [-0.25, -0.2) is 18.2 Å². The van der Waals surface area contributed by atoms with E-state index in [9.17, 15) is 13.2 Å². The number of methoxy groups -OCH3 is 1. The van der Waals surface area contributed by atoms with E-state index in [2.05, 4.69) is 15.6 Å². The molecule has 0 radical (unpaired) electrons. The molecular formula is C24H24N4O4S2. The number of para-hydroxylation sites is 1. The van der Waals surface area contributed by atoms with E-state index < -0.39 is 14.6 Å². The third kappa shape index (κ3) is 5.35. The van der Waals surface area contributed by atoms with Crippen LogP contribution in [0.5, 0.6) is 5.88 Å². The second kappa shape index (κ2) is 10.2. The highest BCUT2D eigenvalue weighted by Gasteiger charge is 2.34. The molecule has 176 valence electrons. The number of sulfonamides is 1. The van der Waals surface area contributed by atoms with E-state index in [1.807, 2.05) is 30.3 Å². The number of rotatable bonds is 7. The van der Waals surface area contributed by atoms with E-state index in [1.165, 1.54) is 23.1 Å². The Morgan fingerprint density at radius 1 is 1.03 bits per heavy atom. The first-order valence-corrected chi connectivity index (χ1v) is 12.8. The molecule has 2 aromatic carbocycles. The van der Waals surface area contributed by atoms with Crippen LogP contribution in [0.25, 0.3) is 4.91 Å². The maximum Gasteiger partial charge on any atom is 0.323 e. The van der Waals surface area contributed by atoms with Crippen molar-refractivity contribution in [1.82, 2.24) is 4.98 Å². The van der Waals surface area contributed by atoms with Crippen LogP contribution in [0, 0.1) is 0 Å². The van der Waals surface area contributed by atoms with Gasteiger partial charge in [0.25, 0.3) is 0 Å². The number of aromatic nitrogens is 1. The van der Waals surface area contributed by atoms with Gasteiger partial charge in [-0.1, -0.05) is 24.3 Å². The first kappa shape index (κ1) is 23.7. The molecule has 2 heterocycles. The van der Waals surface area contributed by atoms with Crippen LogP contribution < -0.4 is 19.7 Å². The largest absolute Gasteiger partial charge is 0.481 e. The molecule has 1 unspecified atom stereocenters. The van der Waals surface area contributed by atoms with Crippen molar-refractivity contribution in [3.05, 3.63) is 84.6 Å². The molecule has 2 N–H and O–H groups in total. The zero-order chi connectivity index (χ0) is 24.1. The summed E-state index contributed by atoms with van der Waals surface area (Å²) in [5, 5.41) is 5.47. The number of anilines is 3. The second-order valence-corrected chi connectivity index (χ2v) is 11.1. The monoisotopic (exact) mass is 496 g/mol. The van der Waals surface area contributed by atoms with Crippen LogP contribution in [0.4, 0.5) is 21.9 Å². The molecule has 34 heavy (non-hydrogen) atoms. The number of nitrogens with one attached hydrogen (secondary N) is 2. The number of pyridine rings is 1. The van der Waals surface area contributed by atoms with Crippen molar-refractivity contribution in [3.63, 3.8) is 0 Å². The van der Waals surface area contributed by atoms with Crippen LogP contribution in [-0.4, -0.2) is 38.2 Å². The van der Waals surface area contributed by atoms with Crippen molar-refractivity contribution in [2.24, 2.45) is 0 Å². The Labute approximate surface area is 203 Å². The second-order valence-electron chi connectivity index (χ2n) is 7.45. The lowest BCUT2D eigenvalue weighted by Gasteiger charge is -2.23. The molecule has 1 aromatic heterocycles. The summed E-state index contributed by atoms with van der Waals surface area (Å²) in [6.07, 6.45) is 4.00. The Kier molecular flexibility index (Phi) is 7.09. The number of nitrogens with zero attached hydrogens (tertiary/aromatic N) is 2. The van der Waals surface area contributed by atoms with Crippen LogP contribution in [0.15, 0.2) is 79.0 Å². The summed E-state index contributed by atoms with van der Waals surface area (Å²) in [7, 11) is -0.540. The average Bonchev–Trinajstić information content (AvgIpc) is 3.36. The normalized spacial score (nSPS) is 15.4. The van der Waals surface area contributed by atoms with Gasteiger partial charge in [0.15, 0.2) is 0 Å². The number of benzene rings is 2. The average molecular weight is 497 g/mol. The maximum absolute atomic E-state index is 13.2. The number of allylic oxidation sites excluding steroid dienone is 1. The lowest BCUT2D eigenvalue weighted by atomic mass is 10.2. The fourth-order valence-electron chi connectivity index (χ4n) is 3.35. The number of amides is 2. The van der Waals surface area contributed by atoms with E-state index in [1.54, 1.807) is 55.8 Å². The van der Waals surface area contributed by atoms with Gasteiger partial charge in [0.2, 0.25) is 15.9 Å². The standard InChI is InChI=1S/C24H24N4O4S2/c1-28(20-11-9-19(10-12-20)27-24(29)26-18-6-4-3-5-7-18)34(30,31)23-15-13-21(33-23)17-8-14-22(32-2)25-16-17/h3-14,16,23H,15H2,1-2H3,(H2,26,27,29). The minimum absolute atomic E-state index is 0.381. The van der Waals surface area contributed by atoms with Crippen molar-refractivity contribution < 1.29 is 17.9 Å². The lowest BCUT2D eigenvalue weighted by molar-refractivity contribution is 0.262. The molecule has 0 aliphatic carbocycles. The number of urea groups is 1. The number of hydrogen-bond donors (Lipinski definition) is 2. The molecule has 4 rings (SSSR count). The van der Waals surface area contributed by atoms with E-state index >= 15 is 0 Å². The molecular weight excluding hydrogens is 472 g/mol. The summed E-state index contributed by atoms with van der Waals surface area (Å²) >= 11 is 1.30. The molecule has 3 aromatic rings. The van der Waals surface area contributed by atoms with Crippen LogP contribution >= 0.6 is 11.8 Å². The molecule has 0 bridgehead atoms. The van der Waals surface area contributed by atoms with Gasteiger partial charge in [0, 0.05) is 41.2 Å². The van der Waals surface area contributed by atoms with Gasteiger partial charge < -0.3 is 15.4 Å². The van der Waals surface area contributed by atoms with Crippen LogP contribution in [0.1, 0.15) is 12.0 Å². The quantitative estimate of drug-likeness (QED) is 0.477. The van der Waals surface area contributed by atoms with Crippen molar-refractivity contribution in [2.45, 2.75) is 11.0 Å². The first-order chi connectivity index (χ1) is 16.4. The van der Waals surface area contributed by atoms with Gasteiger partial charge in [-0.15, -0.1) is 11.8 Å². The van der Waals surface area contributed by atoms with Gasteiger partial charge in [0.1, 0.15) is 4.58 Å². The molecule has 0 spiro atoms. The summed E-state index contributed by atoms with van der Waals surface area (Å²) in [5.74, 6) is 0.506. The predicted molar refractivity (Wildman–Crippen MR) is 138 cm³/mol. The molecule has 1 atom stereocenters. The van der Waals surface area contributed by atoms with Crippen molar-refractivity contribution in [2.75, 3.05) is 29.1 Å². The number of carbonyl (C=O) groups excluding carboxylic acids is 1. The highest BCUT2D eigenvalue weighted by atomic mass is 32.3. The fourth-order valence-corrected chi connectivity index (χ4v) is 6.57. The Balaban J connectivity index is 1.38. The highest BCUT2D eigenvalue weighted by molar-refractivity contribution is 8.19. The predicted octanol–water partition coefficient (Wildman–Crippen LogP) is 5.00. The smallest absolute Gasteiger partial charge is 0.323 e. The molecule has 0 saturated carbocycles. The SMILES string of the molecule is COc1ccc(C2=CCC(S(=O)(=O)N(C)c3ccc(NC(=O)Nc4ccccc4)cc3)S2)cn1. The van der Waals surface area contributed by atoms with E-state index in [-0.39, 0.29) is 6.03 Å². The highest BCUT2D eigenvalue weighted by Crippen LogP contribution is 2.43. The third-order valence-corrected chi connectivity index (χ3v) is 9.18. The minimum Gasteiger partial charge on any atom is -0.481 e. The summed E-state index contributed by atoms with van der Waals surface area (Å²) in [6, 6.07) is 19.0. The Bertz CT molecular complexity index is 1280. The van der Waals surface area contributed by atoms with Crippen molar-refractivity contribution >= 4 is 49.8 Å². The van der Waals surface area contributed by atoms with Crippen LogP contribution in [0.3, 0.4) is 0 Å². The molecule has 10 heteroatoms. The zero-order valence-electron chi connectivity index (χ0n) is 18.6. The number of carbonyl (C=O) groups is 1. The van der Waals surface area contributed by atoms with E-state index in [0.717, 1.165) is 10.5 Å². The molecule has 2 amide bonds. The molecule has 8 nitrogen and oxygen atoms in total. The minimum atomic E-state index is -3.62. The van der Waals surface area contributed by atoms with Gasteiger partial charge in [-0.2, -0.15) is 0 Å². The molecule has 1 aliphatic rings. The summed E-state index contributed by atoms with van der Waals surface area (Å²) in [6.45, 7) is 0. The van der Waals surface area contributed by atoms with E-state index in [0.29, 0.717) is 29.4 Å². The van der Waals surface area contributed by atoms with Crippen LogP contribution in [0.2, 0.25) is 0 Å². The van der Waals surface area contributed by atoms with Gasteiger partial charge in [-0.05, 0) is 48.9 Å². The van der Waals surface area contributed by atoms with Gasteiger partial charge in [-0.3, -0.25) is 4.31 Å². The summed E-state index contributed by atoms with van der Waals surface area (Å²) in [5.41, 5.74) is 2.59. The van der Waals surface area contributed by atoms with Crippen molar-refractivity contribution in [3.8, 4) is 5.88 Å². The molecule has 1 aliphatic heterocycles. The van der Waals surface area contributed by atoms with Crippen LogP contribution in [-0.2, 0) is 10.0 Å². The summed E-state index contributed by atoms with van der Waals surface area (Å²) in [4.78, 5) is 17.2. The third-order valence-electron chi connectivity index (χ3n) is 5.22. The Morgan fingerprint density at radius 3 is 2.32 bits per heavy atom. The lowest BCUT2D eigenvalue weighted by Crippen LogP contribution is -2.33. The van der Waals surface area contributed by atoms with E-state index in [4.69, 9.17) is 4.74 Å². The number of thioether (sulfide) groups is 1. The topological polar surface area (TPSA) is 101 Å². The first-order valence-electron chi connectivity index (χ1n) is 10.4. The Hall–Kier alpha value is -3.50. The zero-order valence-corrected chi connectivity index (χ0v) is 20.3. The maximum atomic E-state index is 13.2. The van der Waals surface area contributed by atoms with Gasteiger partial charge in [0.05, 0.1) is 12.8 Å². The van der Waals surface area contributed by atoms with Gasteiger partial charge >= 0.3 is 6.03 Å². The van der Waals surface area contributed by atoms with Crippen molar-refractivity contribution in [1.29, 1.82) is 0 Å². The fraction of sp³-hybridized carbons (Fsp3) is 0.167. The molecule has 0 fully saturated rings. The number of ether oxygens (including phenoxy) is 1. The molecule has 0 saturated heterocycles. The Morgan fingerprint density at radius 2 is 1.71 bits per heavy atom. The summed E-state index contributed by atoms with van der Waals surface area (Å²) < 4.78 is 32.2. The number of hydrogen-bond acceptors (Lipinski definition) is 6.